The van der Waals surface area contributed by atoms with Crippen LogP contribution in [0.15, 0.2) is 69.7 Å². The molecule has 0 fully saturated rings. The highest BCUT2D eigenvalue weighted by Crippen LogP contribution is 2.18. The second-order valence-electron chi connectivity index (χ2n) is 4.91. The van der Waals surface area contributed by atoms with Gasteiger partial charge in [0.1, 0.15) is 0 Å². The smallest absolute Gasteiger partial charge is 0.308 e. The molecule has 4 rings (SSSR count). The summed E-state index contributed by atoms with van der Waals surface area (Å²) >= 11 is 0. The number of carbonyl (C=O) groups excluding carboxylic acids is 1. The van der Waals surface area contributed by atoms with Crippen molar-refractivity contribution >= 4 is 5.78 Å². The van der Waals surface area contributed by atoms with Crippen molar-refractivity contribution in [2.24, 2.45) is 0 Å². The van der Waals surface area contributed by atoms with Crippen LogP contribution in [-0.4, -0.2) is 26.1 Å². The lowest BCUT2D eigenvalue weighted by molar-refractivity contribution is 0.0952. The maximum absolute atomic E-state index is 12.3. The van der Waals surface area contributed by atoms with Gasteiger partial charge in [-0.1, -0.05) is 71.0 Å². The first-order valence-electron chi connectivity index (χ1n) is 7.14. The lowest BCUT2D eigenvalue weighted by Gasteiger charge is -1.90. The molecular formula is C17H10N4O3. The lowest BCUT2D eigenvalue weighted by atomic mass is 10.2. The van der Waals surface area contributed by atoms with E-state index in [4.69, 9.17) is 9.05 Å². The van der Waals surface area contributed by atoms with Gasteiger partial charge < -0.3 is 9.05 Å². The van der Waals surface area contributed by atoms with E-state index in [1.165, 1.54) is 0 Å². The van der Waals surface area contributed by atoms with Crippen molar-refractivity contribution in [3.63, 3.8) is 0 Å². The SMILES string of the molecule is O=C(c1nc(-c2ccccc2)no1)c1nc(-c2ccccc2)no1. The molecule has 0 radical (unpaired) electrons. The van der Waals surface area contributed by atoms with Gasteiger partial charge in [0, 0.05) is 11.1 Å². The Hall–Kier alpha value is -3.61. The number of nitrogens with zero attached hydrogens (tertiary/aromatic N) is 4. The molecule has 24 heavy (non-hydrogen) atoms. The molecule has 2 heterocycles. The lowest BCUT2D eigenvalue weighted by Crippen LogP contribution is -2.02. The molecule has 0 aliphatic heterocycles. The summed E-state index contributed by atoms with van der Waals surface area (Å²) in [6, 6.07) is 18.4. The van der Waals surface area contributed by atoms with E-state index in [0.29, 0.717) is 11.6 Å². The molecule has 0 atom stereocenters. The zero-order chi connectivity index (χ0) is 16.4. The molecule has 4 aromatic rings. The van der Waals surface area contributed by atoms with Crippen LogP contribution in [0.4, 0.5) is 0 Å². The summed E-state index contributed by atoms with van der Waals surface area (Å²) in [4.78, 5) is 20.5. The fourth-order valence-corrected chi connectivity index (χ4v) is 2.13. The van der Waals surface area contributed by atoms with Gasteiger partial charge in [-0.25, -0.2) is 0 Å². The quantitative estimate of drug-likeness (QED) is 0.534. The molecule has 7 nitrogen and oxygen atoms in total. The van der Waals surface area contributed by atoms with E-state index in [9.17, 15) is 4.79 Å². The first-order valence-corrected chi connectivity index (χ1v) is 7.14. The molecule has 0 unspecified atom stereocenters. The Morgan fingerprint density at radius 2 is 1.08 bits per heavy atom. The normalized spacial score (nSPS) is 10.7. The molecule has 0 spiro atoms. The van der Waals surface area contributed by atoms with Crippen molar-refractivity contribution in [1.82, 2.24) is 20.3 Å². The molecule has 0 bridgehead atoms. The average molecular weight is 318 g/mol. The highest BCUT2D eigenvalue weighted by Gasteiger charge is 2.24. The van der Waals surface area contributed by atoms with Gasteiger partial charge in [-0.2, -0.15) is 9.97 Å². The van der Waals surface area contributed by atoms with Gasteiger partial charge >= 0.3 is 17.6 Å². The molecule has 116 valence electrons. The van der Waals surface area contributed by atoms with E-state index in [1.807, 2.05) is 60.7 Å². The van der Waals surface area contributed by atoms with E-state index < -0.39 is 5.78 Å². The summed E-state index contributed by atoms with van der Waals surface area (Å²) in [5.74, 6) is -0.364. The van der Waals surface area contributed by atoms with E-state index in [1.54, 1.807) is 0 Å². The number of benzene rings is 2. The molecule has 2 aromatic heterocycles. The van der Waals surface area contributed by atoms with Gasteiger partial charge in [0.25, 0.3) is 0 Å². The average Bonchev–Trinajstić information content (AvgIpc) is 3.33. The van der Waals surface area contributed by atoms with Crippen molar-refractivity contribution in [2.45, 2.75) is 0 Å². The largest absolute Gasteiger partial charge is 0.330 e. The van der Waals surface area contributed by atoms with Crippen LogP contribution in [0, 0.1) is 0 Å². The first-order chi connectivity index (χ1) is 11.8. The minimum absolute atomic E-state index is 0.197. The Labute approximate surface area is 135 Å². The maximum atomic E-state index is 12.3. The van der Waals surface area contributed by atoms with Crippen molar-refractivity contribution in [3.05, 3.63) is 72.4 Å². The summed E-state index contributed by atoms with van der Waals surface area (Å²) in [6.45, 7) is 0. The monoisotopic (exact) mass is 318 g/mol. The minimum Gasteiger partial charge on any atom is -0.330 e. The Morgan fingerprint density at radius 3 is 1.50 bits per heavy atom. The van der Waals surface area contributed by atoms with Gasteiger partial charge in [0.05, 0.1) is 0 Å². The third kappa shape index (κ3) is 2.58. The van der Waals surface area contributed by atoms with Crippen LogP contribution in [-0.2, 0) is 0 Å². The van der Waals surface area contributed by atoms with Gasteiger partial charge in [-0.3, -0.25) is 4.79 Å². The van der Waals surface area contributed by atoms with Crippen LogP contribution in [0.25, 0.3) is 22.8 Å². The topological polar surface area (TPSA) is 94.9 Å². The minimum atomic E-state index is -0.612. The molecule has 2 aromatic carbocycles. The van der Waals surface area contributed by atoms with Crippen LogP contribution in [0.2, 0.25) is 0 Å². The van der Waals surface area contributed by atoms with Gasteiger partial charge in [-0.15, -0.1) is 0 Å². The number of rotatable bonds is 4. The first kappa shape index (κ1) is 14.0. The van der Waals surface area contributed by atoms with Gasteiger partial charge in [-0.05, 0) is 0 Å². The van der Waals surface area contributed by atoms with Crippen LogP contribution in [0.5, 0.6) is 0 Å². The van der Waals surface area contributed by atoms with Crippen LogP contribution in [0.1, 0.15) is 16.6 Å². The number of hydrogen-bond acceptors (Lipinski definition) is 7. The molecule has 0 amide bonds. The van der Waals surface area contributed by atoms with Crippen molar-refractivity contribution in [2.75, 3.05) is 0 Å². The predicted molar refractivity (Wildman–Crippen MR) is 82.9 cm³/mol. The maximum Gasteiger partial charge on any atom is 0.308 e. The molecule has 7 heteroatoms. The standard InChI is InChI=1S/C17H10N4O3/c22-13(16-18-14(20-23-16)11-7-3-1-4-8-11)17-19-15(21-24-17)12-9-5-2-6-10-12/h1-10H. The Bertz CT molecular complexity index is 898. The molecule has 0 aliphatic rings. The number of ketones is 1. The van der Waals surface area contributed by atoms with Crippen molar-refractivity contribution < 1.29 is 13.8 Å². The number of aromatic nitrogens is 4. The second-order valence-corrected chi connectivity index (χ2v) is 4.91. The summed E-state index contributed by atoms with van der Waals surface area (Å²) in [5.41, 5.74) is 1.49. The predicted octanol–water partition coefficient (Wildman–Crippen LogP) is 3.02. The zero-order valence-corrected chi connectivity index (χ0v) is 12.3. The Balaban J connectivity index is 1.61. The van der Waals surface area contributed by atoms with E-state index in [-0.39, 0.29) is 11.8 Å². The summed E-state index contributed by atoms with van der Waals surface area (Å²) in [6.07, 6.45) is 0. The molecule has 0 saturated heterocycles. The van der Waals surface area contributed by atoms with Crippen molar-refractivity contribution in [3.8, 4) is 22.8 Å². The third-order valence-corrected chi connectivity index (χ3v) is 3.30. The highest BCUT2D eigenvalue weighted by molar-refractivity contribution is 6.02. The van der Waals surface area contributed by atoms with Crippen LogP contribution >= 0.6 is 0 Å². The van der Waals surface area contributed by atoms with Crippen molar-refractivity contribution in [1.29, 1.82) is 0 Å². The molecule has 0 N–H and O–H groups in total. The fourth-order valence-electron chi connectivity index (χ4n) is 2.13. The molecule has 0 aliphatic carbocycles. The number of hydrogen-bond donors (Lipinski definition) is 0. The summed E-state index contributed by atoms with van der Waals surface area (Å²) in [7, 11) is 0. The second kappa shape index (κ2) is 5.88. The summed E-state index contributed by atoms with van der Waals surface area (Å²) < 4.78 is 10.0. The summed E-state index contributed by atoms with van der Waals surface area (Å²) in [5, 5.41) is 7.60. The number of carbonyl (C=O) groups is 1. The third-order valence-electron chi connectivity index (χ3n) is 3.30. The van der Waals surface area contributed by atoms with Crippen LogP contribution in [0.3, 0.4) is 0 Å². The van der Waals surface area contributed by atoms with E-state index in [0.717, 1.165) is 11.1 Å². The molecule has 0 saturated carbocycles. The Morgan fingerprint density at radius 1 is 0.667 bits per heavy atom. The van der Waals surface area contributed by atoms with Crippen LogP contribution < -0.4 is 0 Å². The van der Waals surface area contributed by atoms with E-state index >= 15 is 0 Å². The van der Waals surface area contributed by atoms with Gasteiger partial charge in [0.15, 0.2) is 0 Å². The fraction of sp³-hybridized carbons (Fsp3) is 0. The van der Waals surface area contributed by atoms with E-state index in [2.05, 4.69) is 20.3 Å². The molecular weight excluding hydrogens is 308 g/mol. The Kier molecular flexibility index (Phi) is 3.43. The van der Waals surface area contributed by atoms with Gasteiger partial charge in [0.2, 0.25) is 11.6 Å². The highest BCUT2D eigenvalue weighted by atomic mass is 16.5. The zero-order valence-electron chi connectivity index (χ0n) is 12.3.